The van der Waals surface area contributed by atoms with Crippen LogP contribution in [0.25, 0.3) is 0 Å². The largest absolute Gasteiger partial charge is 0.476 e. The minimum atomic E-state index is -1.52. The van der Waals surface area contributed by atoms with E-state index in [1.165, 1.54) is 0 Å². The smallest absolute Gasteiger partial charge is 0.361 e. The summed E-state index contributed by atoms with van der Waals surface area (Å²) in [6.45, 7) is 2.06. The molecule has 0 aromatic rings. The summed E-state index contributed by atoms with van der Waals surface area (Å²) in [5, 5.41) is 11.2. The zero-order valence-electron chi connectivity index (χ0n) is 6.53. The molecule has 0 aromatic heterocycles. The van der Waals surface area contributed by atoms with Crippen LogP contribution < -0.4 is 0 Å². The van der Waals surface area contributed by atoms with Gasteiger partial charge in [-0.25, -0.2) is 9.59 Å². The van der Waals surface area contributed by atoms with E-state index in [0.29, 0.717) is 0 Å². The minimum Gasteiger partial charge on any atom is -0.476 e. The summed E-state index contributed by atoms with van der Waals surface area (Å²) in [6.07, 6.45) is 0. The molecule has 0 saturated carbocycles. The standard InChI is InChI=1S/C6H7NO5/c1-3(8)5(6(10)11)7-12-4(2)9/h1-2H3,(H,10,11). The lowest BCUT2D eigenvalue weighted by Crippen LogP contribution is -2.21. The van der Waals surface area contributed by atoms with Crippen molar-refractivity contribution in [1.29, 1.82) is 0 Å². The number of rotatable bonds is 3. The Bertz CT molecular complexity index is 239. The molecule has 0 aliphatic rings. The molecule has 0 bridgehead atoms. The molecule has 1 N–H and O–H groups in total. The molecule has 6 nitrogen and oxygen atoms in total. The summed E-state index contributed by atoms with van der Waals surface area (Å²) in [5.74, 6) is -3.08. The molecule has 0 amide bonds. The Morgan fingerprint density at radius 2 is 1.75 bits per heavy atom. The predicted molar refractivity (Wildman–Crippen MR) is 37.5 cm³/mol. The van der Waals surface area contributed by atoms with Crippen LogP contribution >= 0.6 is 0 Å². The number of carboxylic acids is 1. The van der Waals surface area contributed by atoms with Crippen LogP contribution in [0.2, 0.25) is 0 Å². The number of carboxylic acid groups (broad SMARTS) is 1. The average Bonchev–Trinajstić information content (AvgIpc) is 1.84. The van der Waals surface area contributed by atoms with Crippen molar-refractivity contribution in [2.45, 2.75) is 13.8 Å². The number of carbonyl (C=O) groups is 3. The van der Waals surface area contributed by atoms with Crippen molar-refractivity contribution in [2.75, 3.05) is 0 Å². The number of ketones is 1. The Balaban J connectivity index is 4.51. The monoisotopic (exact) mass is 173 g/mol. The van der Waals surface area contributed by atoms with Gasteiger partial charge in [0.05, 0.1) is 0 Å². The van der Waals surface area contributed by atoms with Crippen molar-refractivity contribution < 1.29 is 24.3 Å². The van der Waals surface area contributed by atoms with Gasteiger partial charge in [0, 0.05) is 13.8 Å². The van der Waals surface area contributed by atoms with Crippen LogP contribution in [0.4, 0.5) is 0 Å². The normalized spacial score (nSPS) is 10.7. The van der Waals surface area contributed by atoms with Crippen LogP contribution in [0, 0.1) is 0 Å². The van der Waals surface area contributed by atoms with E-state index in [4.69, 9.17) is 5.11 Å². The summed E-state index contributed by atoms with van der Waals surface area (Å²) < 4.78 is 0. The van der Waals surface area contributed by atoms with Crippen LogP contribution in [-0.2, 0) is 19.2 Å². The number of hydrogen-bond donors (Lipinski definition) is 1. The van der Waals surface area contributed by atoms with E-state index in [1.807, 2.05) is 0 Å². The summed E-state index contributed by atoms with van der Waals surface area (Å²) in [7, 11) is 0. The van der Waals surface area contributed by atoms with Crippen molar-refractivity contribution in [2.24, 2.45) is 5.16 Å². The van der Waals surface area contributed by atoms with E-state index in [1.54, 1.807) is 0 Å². The predicted octanol–water partition coefficient (Wildman–Crippen LogP) is -0.421. The molecule has 0 unspecified atom stereocenters. The average molecular weight is 173 g/mol. The zero-order chi connectivity index (χ0) is 9.72. The summed E-state index contributed by atoms with van der Waals surface area (Å²) in [4.78, 5) is 34.8. The van der Waals surface area contributed by atoms with Gasteiger partial charge < -0.3 is 9.94 Å². The van der Waals surface area contributed by atoms with Crippen LogP contribution in [-0.4, -0.2) is 28.5 Å². The molecule has 0 heterocycles. The molecule has 0 aliphatic carbocycles. The molecule has 6 heteroatoms. The first kappa shape index (κ1) is 10.3. The van der Waals surface area contributed by atoms with Gasteiger partial charge in [0.2, 0.25) is 5.71 Å². The fourth-order valence-electron chi connectivity index (χ4n) is 0.364. The fraction of sp³-hybridized carbons (Fsp3) is 0.333. The van der Waals surface area contributed by atoms with E-state index in [2.05, 4.69) is 9.99 Å². The van der Waals surface area contributed by atoms with Crippen LogP contribution in [0.3, 0.4) is 0 Å². The van der Waals surface area contributed by atoms with Gasteiger partial charge in [-0.3, -0.25) is 4.79 Å². The Labute approximate surface area is 67.8 Å². The number of nitrogens with zero attached hydrogens (tertiary/aromatic N) is 1. The fourth-order valence-corrected chi connectivity index (χ4v) is 0.364. The lowest BCUT2D eigenvalue weighted by atomic mass is 10.3. The van der Waals surface area contributed by atoms with Gasteiger partial charge in [-0.05, 0) is 0 Å². The topological polar surface area (TPSA) is 93.0 Å². The number of hydrogen-bond acceptors (Lipinski definition) is 5. The first-order chi connectivity index (χ1) is 5.45. The molecule has 0 fully saturated rings. The Morgan fingerprint density at radius 1 is 1.25 bits per heavy atom. The van der Waals surface area contributed by atoms with Crippen LogP contribution in [0.5, 0.6) is 0 Å². The number of carbonyl (C=O) groups excluding carboxylic acids is 2. The maximum absolute atomic E-state index is 10.5. The van der Waals surface area contributed by atoms with E-state index >= 15 is 0 Å². The van der Waals surface area contributed by atoms with E-state index in [0.717, 1.165) is 13.8 Å². The van der Waals surface area contributed by atoms with E-state index in [9.17, 15) is 14.4 Å². The molecular weight excluding hydrogens is 166 g/mol. The molecule has 0 spiro atoms. The van der Waals surface area contributed by atoms with Gasteiger partial charge in [0.25, 0.3) is 0 Å². The highest BCUT2D eigenvalue weighted by atomic mass is 16.7. The third-order valence-electron chi connectivity index (χ3n) is 0.802. The summed E-state index contributed by atoms with van der Waals surface area (Å²) in [5.41, 5.74) is -0.801. The Kier molecular flexibility index (Phi) is 3.61. The quantitative estimate of drug-likeness (QED) is 0.271. The molecule has 66 valence electrons. The van der Waals surface area contributed by atoms with E-state index in [-0.39, 0.29) is 0 Å². The van der Waals surface area contributed by atoms with Crippen molar-refractivity contribution in [3.8, 4) is 0 Å². The van der Waals surface area contributed by atoms with Gasteiger partial charge in [-0.1, -0.05) is 5.16 Å². The van der Waals surface area contributed by atoms with Gasteiger partial charge in [-0.15, -0.1) is 0 Å². The second-order valence-electron chi connectivity index (χ2n) is 1.88. The second kappa shape index (κ2) is 4.22. The first-order valence-corrected chi connectivity index (χ1v) is 2.95. The van der Waals surface area contributed by atoms with Crippen molar-refractivity contribution in [1.82, 2.24) is 0 Å². The first-order valence-electron chi connectivity index (χ1n) is 2.95. The lowest BCUT2D eigenvalue weighted by molar-refractivity contribution is -0.141. The number of Topliss-reactive ketones (excluding diaryl/α,β-unsaturated/α-hetero) is 1. The zero-order valence-corrected chi connectivity index (χ0v) is 6.53. The maximum atomic E-state index is 10.5. The second-order valence-corrected chi connectivity index (χ2v) is 1.88. The third-order valence-corrected chi connectivity index (χ3v) is 0.802. The van der Waals surface area contributed by atoms with Crippen LogP contribution in [0.1, 0.15) is 13.8 Å². The third kappa shape index (κ3) is 3.45. The van der Waals surface area contributed by atoms with Crippen molar-refractivity contribution in [3.63, 3.8) is 0 Å². The molecule has 0 radical (unpaired) electrons. The summed E-state index contributed by atoms with van der Waals surface area (Å²) in [6, 6.07) is 0. The maximum Gasteiger partial charge on any atom is 0.361 e. The lowest BCUT2D eigenvalue weighted by Gasteiger charge is -1.93. The molecule has 0 atom stereocenters. The van der Waals surface area contributed by atoms with Crippen molar-refractivity contribution >= 4 is 23.4 Å². The highest BCUT2D eigenvalue weighted by Crippen LogP contribution is 1.85. The molecule has 0 aromatic carbocycles. The SMILES string of the molecule is CC(=O)ON=C(C(C)=O)C(=O)O. The molecular formula is C6H7NO5. The molecule has 0 aliphatic heterocycles. The summed E-state index contributed by atoms with van der Waals surface area (Å²) >= 11 is 0. The molecule has 12 heavy (non-hydrogen) atoms. The molecule has 0 rings (SSSR count). The van der Waals surface area contributed by atoms with Gasteiger partial charge in [0.15, 0.2) is 5.78 Å². The Morgan fingerprint density at radius 3 is 2.00 bits per heavy atom. The van der Waals surface area contributed by atoms with Gasteiger partial charge in [-0.2, -0.15) is 0 Å². The number of oxime groups is 1. The Hall–Kier alpha value is -1.72. The van der Waals surface area contributed by atoms with Gasteiger partial charge >= 0.3 is 11.9 Å². The minimum absolute atomic E-state index is 0.774. The highest BCUT2D eigenvalue weighted by molar-refractivity contribution is 6.63. The number of aliphatic carboxylic acids is 1. The van der Waals surface area contributed by atoms with Crippen LogP contribution in [0.15, 0.2) is 5.16 Å². The van der Waals surface area contributed by atoms with E-state index < -0.39 is 23.4 Å². The highest BCUT2D eigenvalue weighted by Gasteiger charge is 2.16. The molecule has 0 saturated heterocycles. The van der Waals surface area contributed by atoms with Crippen molar-refractivity contribution in [3.05, 3.63) is 0 Å². The van der Waals surface area contributed by atoms with Gasteiger partial charge in [0.1, 0.15) is 0 Å².